The van der Waals surface area contributed by atoms with Crippen molar-refractivity contribution < 1.29 is 8.42 Å². The van der Waals surface area contributed by atoms with E-state index in [4.69, 9.17) is 0 Å². The van der Waals surface area contributed by atoms with Gasteiger partial charge in [0.2, 0.25) is 10.0 Å². The van der Waals surface area contributed by atoms with Crippen molar-refractivity contribution in [2.24, 2.45) is 0 Å². The lowest BCUT2D eigenvalue weighted by Crippen LogP contribution is -2.30. The van der Waals surface area contributed by atoms with Crippen LogP contribution in [0.5, 0.6) is 0 Å². The molecule has 3 rings (SSSR count). The molecule has 1 unspecified atom stereocenters. The van der Waals surface area contributed by atoms with Crippen LogP contribution in [0.15, 0.2) is 36.4 Å². The molecule has 5 nitrogen and oxygen atoms in total. The SMILES string of the molecule is Cc1cc(Cc2ccccc2)nc(C2CCCN2S(C)(=O)=O)n1. The number of sulfonamides is 1. The van der Waals surface area contributed by atoms with Gasteiger partial charge in [0.05, 0.1) is 12.3 Å². The van der Waals surface area contributed by atoms with E-state index in [1.54, 1.807) is 0 Å². The molecule has 0 N–H and O–H groups in total. The number of hydrogen-bond acceptors (Lipinski definition) is 4. The second-order valence-corrected chi connectivity index (χ2v) is 7.99. The Balaban J connectivity index is 1.91. The zero-order valence-electron chi connectivity index (χ0n) is 13.4. The largest absolute Gasteiger partial charge is 0.236 e. The van der Waals surface area contributed by atoms with Gasteiger partial charge in [-0.25, -0.2) is 18.4 Å². The van der Waals surface area contributed by atoms with Gasteiger partial charge in [-0.3, -0.25) is 0 Å². The minimum absolute atomic E-state index is 0.237. The molecule has 6 heteroatoms. The summed E-state index contributed by atoms with van der Waals surface area (Å²) in [4.78, 5) is 9.16. The number of aromatic nitrogens is 2. The fraction of sp³-hybridized carbons (Fsp3) is 0.412. The summed E-state index contributed by atoms with van der Waals surface area (Å²) in [5.74, 6) is 0.624. The van der Waals surface area contributed by atoms with Crippen LogP contribution >= 0.6 is 0 Å². The standard InChI is InChI=1S/C17H21N3O2S/c1-13-11-15(12-14-7-4-3-5-8-14)19-17(18-13)16-9-6-10-20(16)23(2,21)22/h3-5,7-8,11,16H,6,9-10,12H2,1-2H3. The van der Waals surface area contributed by atoms with Crippen molar-refractivity contribution in [1.29, 1.82) is 0 Å². The predicted molar refractivity (Wildman–Crippen MR) is 89.5 cm³/mol. The van der Waals surface area contributed by atoms with Crippen molar-refractivity contribution in [2.75, 3.05) is 12.8 Å². The maximum absolute atomic E-state index is 11.9. The van der Waals surface area contributed by atoms with E-state index < -0.39 is 10.0 Å². The molecule has 1 atom stereocenters. The zero-order valence-corrected chi connectivity index (χ0v) is 14.3. The average molecular weight is 331 g/mol. The fourth-order valence-electron chi connectivity index (χ4n) is 3.10. The Labute approximate surface area is 137 Å². The summed E-state index contributed by atoms with van der Waals surface area (Å²) in [5, 5.41) is 0. The van der Waals surface area contributed by atoms with E-state index in [0.29, 0.717) is 12.4 Å². The Morgan fingerprint density at radius 2 is 1.96 bits per heavy atom. The van der Waals surface area contributed by atoms with Crippen LogP contribution in [0.25, 0.3) is 0 Å². The van der Waals surface area contributed by atoms with E-state index in [1.165, 1.54) is 16.1 Å². The van der Waals surface area contributed by atoms with E-state index in [-0.39, 0.29) is 6.04 Å². The van der Waals surface area contributed by atoms with Gasteiger partial charge in [-0.1, -0.05) is 30.3 Å². The van der Waals surface area contributed by atoms with E-state index in [0.717, 1.165) is 30.7 Å². The minimum Gasteiger partial charge on any atom is -0.236 e. The van der Waals surface area contributed by atoms with Gasteiger partial charge in [-0.05, 0) is 31.4 Å². The van der Waals surface area contributed by atoms with Crippen molar-refractivity contribution in [3.05, 3.63) is 59.2 Å². The number of nitrogens with zero attached hydrogens (tertiary/aromatic N) is 3. The van der Waals surface area contributed by atoms with Gasteiger partial charge in [0.1, 0.15) is 5.82 Å². The Bertz CT molecular complexity index is 791. The van der Waals surface area contributed by atoms with Gasteiger partial charge in [0.25, 0.3) is 0 Å². The molecule has 2 heterocycles. The lowest BCUT2D eigenvalue weighted by molar-refractivity contribution is 0.385. The summed E-state index contributed by atoms with van der Waals surface area (Å²) < 4.78 is 25.4. The second kappa shape index (κ2) is 6.37. The summed E-state index contributed by atoms with van der Waals surface area (Å²) in [6.45, 7) is 2.48. The van der Waals surface area contributed by atoms with Gasteiger partial charge in [0, 0.05) is 24.4 Å². The molecule has 1 fully saturated rings. The van der Waals surface area contributed by atoms with Crippen LogP contribution < -0.4 is 0 Å². The average Bonchev–Trinajstić information content (AvgIpc) is 2.97. The molecular formula is C17H21N3O2S. The minimum atomic E-state index is -3.23. The fourth-order valence-corrected chi connectivity index (χ4v) is 4.22. The van der Waals surface area contributed by atoms with Gasteiger partial charge in [-0.15, -0.1) is 0 Å². The van der Waals surface area contributed by atoms with Crippen molar-refractivity contribution in [1.82, 2.24) is 14.3 Å². The first kappa shape index (κ1) is 16.1. The molecule has 122 valence electrons. The number of aryl methyl sites for hydroxylation is 1. The monoisotopic (exact) mass is 331 g/mol. The summed E-state index contributed by atoms with van der Waals surface area (Å²) in [6, 6.07) is 11.9. The number of hydrogen-bond donors (Lipinski definition) is 0. The molecule has 0 amide bonds. The Morgan fingerprint density at radius 1 is 1.22 bits per heavy atom. The highest BCUT2D eigenvalue weighted by Gasteiger charge is 2.34. The molecule has 0 spiro atoms. The molecule has 0 bridgehead atoms. The summed E-state index contributed by atoms with van der Waals surface area (Å²) in [5.41, 5.74) is 2.99. The number of benzene rings is 1. The molecule has 1 aromatic heterocycles. The van der Waals surface area contributed by atoms with E-state index >= 15 is 0 Å². The van der Waals surface area contributed by atoms with Crippen LogP contribution in [-0.4, -0.2) is 35.5 Å². The van der Waals surface area contributed by atoms with Crippen molar-refractivity contribution in [2.45, 2.75) is 32.2 Å². The van der Waals surface area contributed by atoms with Crippen LogP contribution in [0.3, 0.4) is 0 Å². The molecule has 2 aromatic rings. The smallest absolute Gasteiger partial charge is 0.211 e. The Kier molecular flexibility index (Phi) is 4.46. The van der Waals surface area contributed by atoms with Crippen LogP contribution in [0.1, 0.15) is 41.7 Å². The van der Waals surface area contributed by atoms with Crippen LogP contribution in [-0.2, 0) is 16.4 Å². The van der Waals surface area contributed by atoms with Crippen LogP contribution in [0.4, 0.5) is 0 Å². The van der Waals surface area contributed by atoms with E-state index in [1.807, 2.05) is 31.2 Å². The molecule has 1 saturated heterocycles. The highest BCUT2D eigenvalue weighted by Crippen LogP contribution is 2.32. The maximum atomic E-state index is 11.9. The first-order chi connectivity index (χ1) is 10.9. The first-order valence-corrected chi connectivity index (χ1v) is 9.63. The number of rotatable bonds is 4. The normalized spacial score (nSPS) is 19.1. The Hall–Kier alpha value is -1.79. The third-order valence-electron chi connectivity index (χ3n) is 4.08. The molecule has 1 aromatic carbocycles. The van der Waals surface area contributed by atoms with E-state index in [2.05, 4.69) is 22.1 Å². The highest BCUT2D eigenvalue weighted by atomic mass is 32.2. The van der Waals surface area contributed by atoms with Gasteiger partial charge in [0.15, 0.2) is 0 Å². The zero-order chi connectivity index (χ0) is 16.4. The van der Waals surface area contributed by atoms with Crippen molar-refractivity contribution in [3.63, 3.8) is 0 Å². The lowest BCUT2D eigenvalue weighted by atomic mass is 10.1. The summed E-state index contributed by atoms with van der Waals surface area (Å²) >= 11 is 0. The molecular weight excluding hydrogens is 310 g/mol. The van der Waals surface area contributed by atoms with Crippen molar-refractivity contribution >= 4 is 10.0 Å². The summed E-state index contributed by atoms with van der Waals surface area (Å²) in [7, 11) is -3.23. The molecule has 0 saturated carbocycles. The Morgan fingerprint density at radius 3 is 2.65 bits per heavy atom. The molecule has 23 heavy (non-hydrogen) atoms. The van der Waals surface area contributed by atoms with Crippen molar-refractivity contribution in [3.8, 4) is 0 Å². The third kappa shape index (κ3) is 3.76. The van der Waals surface area contributed by atoms with Gasteiger partial charge in [-0.2, -0.15) is 4.31 Å². The van der Waals surface area contributed by atoms with Crippen LogP contribution in [0.2, 0.25) is 0 Å². The van der Waals surface area contributed by atoms with Gasteiger partial charge >= 0.3 is 0 Å². The summed E-state index contributed by atoms with van der Waals surface area (Å²) in [6.07, 6.45) is 3.61. The second-order valence-electron chi connectivity index (χ2n) is 6.05. The van der Waals surface area contributed by atoms with E-state index in [9.17, 15) is 8.42 Å². The first-order valence-electron chi connectivity index (χ1n) is 7.79. The molecule has 0 aliphatic carbocycles. The molecule has 1 aliphatic rings. The van der Waals surface area contributed by atoms with Crippen LogP contribution in [0, 0.1) is 6.92 Å². The quantitative estimate of drug-likeness (QED) is 0.863. The maximum Gasteiger partial charge on any atom is 0.211 e. The molecule has 0 radical (unpaired) electrons. The highest BCUT2D eigenvalue weighted by molar-refractivity contribution is 7.88. The van der Waals surface area contributed by atoms with Gasteiger partial charge < -0.3 is 0 Å². The third-order valence-corrected chi connectivity index (χ3v) is 5.37. The lowest BCUT2D eigenvalue weighted by Gasteiger charge is -2.21. The topological polar surface area (TPSA) is 63.2 Å². The molecule has 1 aliphatic heterocycles. The predicted octanol–water partition coefficient (Wildman–Crippen LogP) is 2.47.